The Labute approximate surface area is 145 Å². The number of amides is 3. The summed E-state index contributed by atoms with van der Waals surface area (Å²) in [6.07, 6.45) is 0.582. The molecule has 0 bridgehead atoms. The van der Waals surface area contributed by atoms with Gasteiger partial charge >= 0.3 is 0 Å². The molecule has 2 atom stereocenters. The SMILES string of the molecule is CC(=O)N1CCN(C(=O)C2CC2C(=O)Nc2cccc(Cl)c2)CC1. The van der Waals surface area contributed by atoms with Gasteiger partial charge in [0.05, 0.1) is 11.8 Å². The van der Waals surface area contributed by atoms with Gasteiger partial charge in [0.15, 0.2) is 0 Å². The molecule has 3 rings (SSSR count). The molecule has 6 nitrogen and oxygen atoms in total. The lowest BCUT2D eigenvalue weighted by Gasteiger charge is -2.34. The summed E-state index contributed by atoms with van der Waals surface area (Å²) in [7, 11) is 0. The van der Waals surface area contributed by atoms with Gasteiger partial charge in [-0.3, -0.25) is 14.4 Å². The fourth-order valence-corrected chi connectivity index (χ4v) is 3.23. The first-order valence-corrected chi connectivity index (χ1v) is 8.44. The quantitative estimate of drug-likeness (QED) is 0.901. The van der Waals surface area contributed by atoms with Crippen molar-refractivity contribution in [3.05, 3.63) is 29.3 Å². The van der Waals surface area contributed by atoms with Gasteiger partial charge in [0.1, 0.15) is 0 Å². The third-order valence-electron chi connectivity index (χ3n) is 4.57. The lowest BCUT2D eigenvalue weighted by molar-refractivity contribution is -0.139. The molecule has 0 spiro atoms. The topological polar surface area (TPSA) is 69.7 Å². The molecule has 1 heterocycles. The highest BCUT2D eigenvalue weighted by Gasteiger charge is 2.49. The summed E-state index contributed by atoms with van der Waals surface area (Å²) in [5.74, 6) is -0.606. The second kappa shape index (κ2) is 6.81. The van der Waals surface area contributed by atoms with E-state index in [0.717, 1.165) is 0 Å². The molecule has 1 N–H and O–H groups in total. The van der Waals surface area contributed by atoms with Crippen LogP contribution in [0.15, 0.2) is 24.3 Å². The van der Waals surface area contributed by atoms with Gasteiger partial charge in [-0.25, -0.2) is 0 Å². The summed E-state index contributed by atoms with van der Waals surface area (Å²) in [5, 5.41) is 3.36. The molecule has 2 unspecified atom stereocenters. The number of rotatable bonds is 3. The van der Waals surface area contributed by atoms with E-state index in [1.54, 1.807) is 34.1 Å². The second-order valence-electron chi connectivity index (χ2n) is 6.28. The van der Waals surface area contributed by atoms with Crippen molar-refractivity contribution in [3.63, 3.8) is 0 Å². The maximum absolute atomic E-state index is 12.5. The number of hydrogen-bond acceptors (Lipinski definition) is 3. The molecule has 1 aromatic carbocycles. The highest BCUT2D eigenvalue weighted by atomic mass is 35.5. The van der Waals surface area contributed by atoms with Crippen molar-refractivity contribution in [1.29, 1.82) is 0 Å². The van der Waals surface area contributed by atoms with Crippen LogP contribution in [0.3, 0.4) is 0 Å². The van der Waals surface area contributed by atoms with Crippen molar-refractivity contribution in [2.24, 2.45) is 11.8 Å². The average Bonchev–Trinajstić information content (AvgIpc) is 3.35. The molecular weight excluding hydrogens is 330 g/mol. The van der Waals surface area contributed by atoms with Gasteiger partial charge in [0.25, 0.3) is 0 Å². The van der Waals surface area contributed by atoms with Crippen LogP contribution in [-0.4, -0.2) is 53.7 Å². The molecule has 0 aromatic heterocycles. The Morgan fingerprint density at radius 3 is 2.38 bits per heavy atom. The van der Waals surface area contributed by atoms with Crippen LogP contribution < -0.4 is 5.32 Å². The molecule has 0 radical (unpaired) electrons. The Balaban J connectivity index is 1.50. The Bertz CT molecular complexity index is 671. The zero-order valence-electron chi connectivity index (χ0n) is 13.5. The Kier molecular flexibility index (Phi) is 4.76. The zero-order valence-corrected chi connectivity index (χ0v) is 14.3. The number of halogens is 1. The van der Waals surface area contributed by atoms with E-state index in [1.165, 1.54) is 6.92 Å². The molecule has 1 saturated carbocycles. The number of nitrogens with zero attached hydrogens (tertiary/aromatic N) is 2. The number of carbonyl (C=O) groups excluding carboxylic acids is 3. The number of piperazine rings is 1. The second-order valence-corrected chi connectivity index (χ2v) is 6.72. The minimum Gasteiger partial charge on any atom is -0.339 e. The first-order valence-electron chi connectivity index (χ1n) is 8.06. The van der Waals surface area contributed by atoms with Gasteiger partial charge in [-0.1, -0.05) is 17.7 Å². The van der Waals surface area contributed by atoms with Crippen molar-refractivity contribution in [2.75, 3.05) is 31.5 Å². The molecule has 1 aliphatic heterocycles. The van der Waals surface area contributed by atoms with Gasteiger partial charge in [-0.05, 0) is 24.6 Å². The largest absolute Gasteiger partial charge is 0.339 e. The molecule has 2 fully saturated rings. The summed E-state index contributed by atoms with van der Waals surface area (Å²) in [5.41, 5.74) is 0.640. The Morgan fingerprint density at radius 2 is 1.75 bits per heavy atom. The summed E-state index contributed by atoms with van der Waals surface area (Å²) in [6, 6.07) is 6.95. The van der Waals surface area contributed by atoms with Crippen LogP contribution in [0.1, 0.15) is 13.3 Å². The first kappa shape index (κ1) is 16.8. The molecule has 1 aliphatic carbocycles. The number of benzene rings is 1. The third-order valence-corrected chi connectivity index (χ3v) is 4.81. The maximum atomic E-state index is 12.5. The predicted octanol–water partition coefficient (Wildman–Crippen LogP) is 1.61. The van der Waals surface area contributed by atoms with Crippen LogP contribution in [0.25, 0.3) is 0 Å². The highest BCUT2D eigenvalue weighted by molar-refractivity contribution is 6.30. The summed E-state index contributed by atoms with van der Waals surface area (Å²) in [6.45, 7) is 3.74. The van der Waals surface area contributed by atoms with E-state index < -0.39 is 0 Å². The van der Waals surface area contributed by atoms with E-state index in [9.17, 15) is 14.4 Å². The molecule has 3 amide bonds. The standard InChI is InChI=1S/C17H20ClN3O3/c1-11(22)20-5-7-21(8-6-20)17(24)15-10-14(15)16(23)19-13-4-2-3-12(18)9-13/h2-4,9,14-15H,5-8,10H2,1H3,(H,19,23). The normalized spacial score (nSPS) is 22.9. The molecule has 2 aliphatic rings. The van der Waals surface area contributed by atoms with Gasteiger partial charge in [0.2, 0.25) is 17.7 Å². The Morgan fingerprint density at radius 1 is 1.08 bits per heavy atom. The summed E-state index contributed by atoms with van der Waals surface area (Å²) in [4.78, 5) is 39.5. The van der Waals surface area contributed by atoms with E-state index >= 15 is 0 Å². The van der Waals surface area contributed by atoms with E-state index in [1.807, 2.05) is 0 Å². The minimum atomic E-state index is -0.276. The van der Waals surface area contributed by atoms with Crippen LogP contribution in [0.5, 0.6) is 0 Å². The van der Waals surface area contributed by atoms with Crippen molar-refractivity contribution < 1.29 is 14.4 Å². The molecule has 128 valence electrons. The molecular formula is C17H20ClN3O3. The fraction of sp³-hybridized carbons (Fsp3) is 0.471. The number of carbonyl (C=O) groups is 3. The predicted molar refractivity (Wildman–Crippen MR) is 90.5 cm³/mol. The monoisotopic (exact) mass is 349 g/mol. The smallest absolute Gasteiger partial charge is 0.228 e. The van der Waals surface area contributed by atoms with Crippen LogP contribution in [-0.2, 0) is 14.4 Å². The fourth-order valence-electron chi connectivity index (χ4n) is 3.04. The molecule has 1 saturated heterocycles. The Hall–Kier alpha value is -2.08. The van der Waals surface area contributed by atoms with Gasteiger partial charge < -0.3 is 15.1 Å². The third kappa shape index (κ3) is 3.70. The van der Waals surface area contributed by atoms with Crippen LogP contribution in [0.2, 0.25) is 5.02 Å². The van der Waals surface area contributed by atoms with Gasteiger partial charge in [-0.15, -0.1) is 0 Å². The van der Waals surface area contributed by atoms with E-state index in [-0.39, 0.29) is 29.6 Å². The number of nitrogens with one attached hydrogen (secondary N) is 1. The van der Waals surface area contributed by atoms with E-state index in [4.69, 9.17) is 11.6 Å². The summed E-state index contributed by atoms with van der Waals surface area (Å²) < 4.78 is 0. The van der Waals surface area contributed by atoms with E-state index in [2.05, 4.69) is 5.32 Å². The van der Waals surface area contributed by atoms with Gasteiger partial charge in [-0.2, -0.15) is 0 Å². The van der Waals surface area contributed by atoms with Crippen LogP contribution in [0, 0.1) is 11.8 Å². The minimum absolute atomic E-state index is 0.0180. The van der Waals surface area contributed by atoms with Crippen molar-refractivity contribution in [3.8, 4) is 0 Å². The van der Waals surface area contributed by atoms with Crippen LogP contribution in [0.4, 0.5) is 5.69 Å². The van der Waals surface area contributed by atoms with Crippen LogP contribution >= 0.6 is 11.6 Å². The molecule has 1 aromatic rings. The number of hydrogen-bond donors (Lipinski definition) is 1. The molecule has 24 heavy (non-hydrogen) atoms. The number of anilines is 1. The van der Waals surface area contributed by atoms with Crippen molar-refractivity contribution >= 4 is 35.0 Å². The lowest BCUT2D eigenvalue weighted by atomic mass is 10.2. The van der Waals surface area contributed by atoms with Crippen molar-refractivity contribution in [2.45, 2.75) is 13.3 Å². The summed E-state index contributed by atoms with van der Waals surface area (Å²) >= 11 is 5.90. The lowest BCUT2D eigenvalue weighted by Crippen LogP contribution is -2.50. The maximum Gasteiger partial charge on any atom is 0.228 e. The van der Waals surface area contributed by atoms with E-state index in [0.29, 0.717) is 43.3 Å². The van der Waals surface area contributed by atoms with Gasteiger partial charge in [0, 0.05) is 43.8 Å². The molecule has 7 heteroatoms. The zero-order chi connectivity index (χ0) is 17.3. The van der Waals surface area contributed by atoms with Crippen molar-refractivity contribution in [1.82, 2.24) is 9.80 Å². The average molecular weight is 350 g/mol. The first-order chi connectivity index (χ1) is 11.5. The highest BCUT2D eigenvalue weighted by Crippen LogP contribution is 2.41.